The zero-order chi connectivity index (χ0) is 9.35. The zero-order valence-corrected chi connectivity index (χ0v) is 8.07. The fourth-order valence-corrected chi connectivity index (χ4v) is 2.10. The van der Waals surface area contributed by atoms with Gasteiger partial charge in [0.1, 0.15) is 0 Å². The molecule has 0 saturated carbocycles. The van der Waals surface area contributed by atoms with Gasteiger partial charge in [-0.15, -0.1) is 0 Å². The third-order valence-corrected chi connectivity index (χ3v) is 3.03. The van der Waals surface area contributed by atoms with Gasteiger partial charge in [0.05, 0.1) is 0 Å². The summed E-state index contributed by atoms with van der Waals surface area (Å²) in [4.78, 5) is 27.0. The van der Waals surface area contributed by atoms with Crippen molar-refractivity contribution < 1.29 is 14.7 Å². The van der Waals surface area contributed by atoms with Gasteiger partial charge in [-0.05, 0) is 0 Å². The summed E-state index contributed by atoms with van der Waals surface area (Å²) >= 11 is 0. The van der Waals surface area contributed by atoms with Crippen LogP contribution >= 0.6 is 7.94 Å². The molecule has 4 heteroatoms. The van der Waals surface area contributed by atoms with E-state index in [1.54, 1.807) is 25.1 Å². The van der Waals surface area contributed by atoms with Gasteiger partial charge in [-0.25, -0.2) is 0 Å². The van der Waals surface area contributed by atoms with Gasteiger partial charge in [0.25, 0.3) is 0 Å². The summed E-state index contributed by atoms with van der Waals surface area (Å²) < 4.78 is 0. The van der Waals surface area contributed by atoms with Gasteiger partial charge >= 0.3 is 71.1 Å². The molecule has 0 aliphatic carbocycles. The number of rotatable bonds is 1. The van der Waals surface area contributed by atoms with Gasteiger partial charge in [-0.3, -0.25) is 0 Å². The van der Waals surface area contributed by atoms with Crippen LogP contribution < -0.4 is 5.30 Å². The molecule has 3 nitrogen and oxygen atoms in total. The maximum absolute atomic E-state index is 9.01. The van der Waals surface area contributed by atoms with E-state index in [1.165, 1.54) is 0 Å². The molecule has 0 saturated heterocycles. The van der Waals surface area contributed by atoms with Crippen molar-refractivity contribution in [2.75, 3.05) is 0 Å². The van der Waals surface area contributed by atoms with Crippen molar-refractivity contribution in [2.24, 2.45) is 0 Å². The summed E-state index contributed by atoms with van der Waals surface area (Å²) in [6.45, 7) is 3.65. The Morgan fingerprint density at radius 2 is 1.67 bits per heavy atom. The summed E-state index contributed by atoms with van der Waals surface area (Å²) in [7, 11) is -4.10. The molecule has 1 aromatic carbocycles. The first-order valence-corrected chi connectivity index (χ1v) is 5.50. The van der Waals surface area contributed by atoms with Crippen LogP contribution in [0.2, 0.25) is 0 Å². The molecule has 0 aliphatic rings. The monoisotopic (exact) mass is 188 g/mol. The van der Waals surface area contributed by atoms with Crippen LogP contribution in [0.5, 0.6) is 0 Å². The van der Waals surface area contributed by atoms with Gasteiger partial charge in [0.15, 0.2) is 0 Å². The molecule has 0 amide bonds. The van der Waals surface area contributed by atoms with E-state index in [0.29, 0.717) is 5.56 Å². The number of hydrogen-bond donors (Lipinski definition) is 3. The van der Waals surface area contributed by atoms with E-state index >= 15 is 0 Å². The molecule has 1 aromatic rings. The van der Waals surface area contributed by atoms with Gasteiger partial charge in [0, 0.05) is 0 Å². The van der Waals surface area contributed by atoms with Crippen molar-refractivity contribution in [2.45, 2.75) is 13.8 Å². The summed E-state index contributed by atoms with van der Waals surface area (Å²) in [6.07, 6.45) is 0. The molecule has 0 unspecified atom stereocenters. The van der Waals surface area contributed by atoms with E-state index < -0.39 is 7.94 Å². The fourth-order valence-electron chi connectivity index (χ4n) is 1.19. The SMILES string of the molecule is Cc1ccc([PH](O)(O)O)c(C)c1. The first kappa shape index (κ1) is 9.62. The van der Waals surface area contributed by atoms with Crippen molar-refractivity contribution >= 4 is 13.2 Å². The Morgan fingerprint density at radius 1 is 1.08 bits per heavy atom. The van der Waals surface area contributed by atoms with Gasteiger partial charge in [-0.2, -0.15) is 0 Å². The van der Waals surface area contributed by atoms with Crippen molar-refractivity contribution in [1.29, 1.82) is 0 Å². The summed E-state index contributed by atoms with van der Waals surface area (Å²) in [5.74, 6) is 0. The second-order valence-electron chi connectivity index (χ2n) is 2.95. The van der Waals surface area contributed by atoms with Crippen LogP contribution in [0, 0.1) is 13.8 Å². The second-order valence-corrected chi connectivity index (χ2v) is 4.76. The molecule has 0 aromatic heterocycles. The normalized spacial score (nSPS) is 13.1. The molecular weight excluding hydrogens is 175 g/mol. The molecule has 12 heavy (non-hydrogen) atoms. The predicted octanol–water partition coefficient (Wildman–Crippen LogP) is 0.401. The molecule has 3 N–H and O–H groups in total. The number of hydrogen-bond acceptors (Lipinski definition) is 3. The molecule has 0 fully saturated rings. The summed E-state index contributed by atoms with van der Waals surface area (Å²) in [6, 6.07) is 5.10. The van der Waals surface area contributed by atoms with Crippen LogP contribution in [-0.4, -0.2) is 14.7 Å². The van der Waals surface area contributed by atoms with E-state index in [-0.39, 0.29) is 5.30 Å². The Labute approximate surface area is 71.9 Å². The van der Waals surface area contributed by atoms with E-state index in [1.807, 2.05) is 6.92 Å². The predicted molar refractivity (Wildman–Crippen MR) is 50.5 cm³/mol. The molecule has 0 radical (unpaired) electrons. The molecule has 0 spiro atoms. The maximum atomic E-state index is 9.01. The molecule has 0 atom stereocenters. The van der Waals surface area contributed by atoms with Crippen molar-refractivity contribution in [1.82, 2.24) is 0 Å². The van der Waals surface area contributed by atoms with Crippen molar-refractivity contribution in [3.05, 3.63) is 29.3 Å². The third-order valence-electron chi connectivity index (χ3n) is 1.74. The molecule has 68 valence electrons. The van der Waals surface area contributed by atoms with Gasteiger partial charge in [0.2, 0.25) is 0 Å². The minimum absolute atomic E-state index is 0.258. The Bertz CT molecular complexity index is 291. The second kappa shape index (κ2) is 3.11. The summed E-state index contributed by atoms with van der Waals surface area (Å²) in [5.41, 5.74) is 1.75. The molecule has 0 bridgehead atoms. The third kappa shape index (κ3) is 2.02. The van der Waals surface area contributed by atoms with Crippen LogP contribution in [0.25, 0.3) is 0 Å². The molecule has 0 aliphatic heterocycles. The van der Waals surface area contributed by atoms with Crippen molar-refractivity contribution in [3.8, 4) is 0 Å². The Kier molecular flexibility index (Phi) is 2.49. The quantitative estimate of drug-likeness (QED) is 0.559. The Balaban J connectivity index is 3.19. The van der Waals surface area contributed by atoms with Gasteiger partial charge < -0.3 is 0 Å². The average molecular weight is 188 g/mol. The summed E-state index contributed by atoms with van der Waals surface area (Å²) in [5, 5.41) is 0.258. The van der Waals surface area contributed by atoms with Crippen LogP contribution in [0.15, 0.2) is 18.2 Å². The topological polar surface area (TPSA) is 60.7 Å². The van der Waals surface area contributed by atoms with E-state index in [0.717, 1.165) is 5.56 Å². The van der Waals surface area contributed by atoms with Crippen LogP contribution in [0.3, 0.4) is 0 Å². The Hall–Kier alpha value is -0.470. The van der Waals surface area contributed by atoms with Crippen molar-refractivity contribution in [3.63, 3.8) is 0 Å². The molecule has 0 heterocycles. The van der Waals surface area contributed by atoms with Crippen LogP contribution in [0.1, 0.15) is 11.1 Å². The molecular formula is C8H13O3P. The fraction of sp³-hybridized carbons (Fsp3) is 0.250. The van der Waals surface area contributed by atoms with E-state index in [2.05, 4.69) is 0 Å². The minimum atomic E-state index is -4.10. The number of aryl methyl sites for hydroxylation is 2. The van der Waals surface area contributed by atoms with Gasteiger partial charge in [-0.1, -0.05) is 0 Å². The zero-order valence-electron chi connectivity index (χ0n) is 7.07. The number of benzene rings is 1. The van der Waals surface area contributed by atoms with Crippen LogP contribution in [-0.2, 0) is 0 Å². The first-order valence-electron chi connectivity index (χ1n) is 3.66. The van der Waals surface area contributed by atoms with E-state index in [4.69, 9.17) is 14.7 Å². The molecule has 1 rings (SSSR count). The standard InChI is InChI=1S/C8H13O3P/c1-6-3-4-8(7(2)5-6)12(9,10)11/h3-5,9-12H,1-2H3. The van der Waals surface area contributed by atoms with E-state index in [9.17, 15) is 0 Å². The Morgan fingerprint density at radius 3 is 2.08 bits per heavy atom. The first-order chi connectivity index (χ1) is 5.41. The average Bonchev–Trinajstić information content (AvgIpc) is 1.83. The van der Waals surface area contributed by atoms with Crippen LogP contribution in [0.4, 0.5) is 0 Å².